The minimum atomic E-state index is -0.274. The number of nitrogens with one attached hydrogen (secondary N) is 1. The van der Waals surface area contributed by atoms with Gasteiger partial charge in [-0.3, -0.25) is 4.79 Å². The molecule has 0 atom stereocenters. The summed E-state index contributed by atoms with van der Waals surface area (Å²) in [5.41, 5.74) is 0. The summed E-state index contributed by atoms with van der Waals surface area (Å²) in [4.78, 5) is 11.1. The molecule has 0 spiro atoms. The van der Waals surface area contributed by atoms with E-state index in [0.29, 0.717) is 13.2 Å². The lowest BCUT2D eigenvalue weighted by atomic mass is 10.4. The van der Waals surface area contributed by atoms with Crippen LogP contribution in [0.4, 0.5) is 0 Å². The van der Waals surface area contributed by atoms with Crippen molar-refractivity contribution in [3.63, 3.8) is 0 Å². The second kappa shape index (κ2) is 4.50. The molecule has 1 N–H and O–H groups in total. The standard InChI is InChI=1S/C7H10N2O3/c1-11-5-4-8-7(10)6-2-3-9-12-6/h2-3H,4-5H2,1H3,(H,8,10). The van der Waals surface area contributed by atoms with E-state index in [2.05, 4.69) is 15.0 Å². The van der Waals surface area contributed by atoms with Crippen molar-refractivity contribution in [2.45, 2.75) is 0 Å². The maximum absolute atomic E-state index is 11.1. The van der Waals surface area contributed by atoms with E-state index in [9.17, 15) is 4.79 Å². The number of methoxy groups -OCH3 is 1. The van der Waals surface area contributed by atoms with Crippen molar-refractivity contribution in [3.8, 4) is 0 Å². The zero-order valence-corrected chi connectivity index (χ0v) is 6.74. The Morgan fingerprint density at radius 1 is 1.83 bits per heavy atom. The normalized spacial score (nSPS) is 9.75. The minimum absolute atomic E-state index is 0.214. The lowest BCUT2D eigenvalue weighted by Gasteiger charge is -1.99. The summed E-state index contributed by atoms with van der Waals surface area (Å²) in [6, 6.07) is 1.50. The number of ether oxygens (including phenoxy) is 1. The number of hydrogen-bond donors (Lipinski definition) is 1. The van der Waals surface area contributed by atoms with E-state index in [0.717, 1.165) is 0 Å². The number of aromatic nitrogens is 1. The fraction of sp³-hybridized carbons (Fsp3) is 0.429. The molecule has 0 fully saturated rings. The fourth-order valence-corrected chi connectivity index (χ4v) is 0.687. The third-order valence-corrected chi connectivity index (χ3v) is 1.25. The van der Waals surface area contributed by atoms with Gasteiger partial charge in [-0.2, -0.15) is 0 Å². The third kappa shape index (κ3) is 2.35. The third-order valence-electron chi connectivity index (χ3n) is 1.25. The van der Waals surface area contributed by atoms with Gasteiger partial charge >= 0.3 is 0 Å². The molecule has 1 amide bonds. The number of rotatable bonds is 4. The Morgan fingerprint density at radius 3 is 3.25 bits per heavy atom. The van der Waals surface area contributed by atoms with E-state index >= 15 is 0 Å². The molecule has 0 bridgehead atoms. The second-order valence-corrected chi connectivity index (χ2v) is 2.13. The van der Waals surface area contributed by atoms with Crippen LogP contribution in [0.15, 0.2) is 16.8 Å². The number of nitrogens with zero attached hydrogens (tertiary/aromatic N) is 1. The minimum Gasteiger partial charge on any atom is -0.383 e. The zero-order valence-electron chi connectivity index (χ0n) is 6.74. The van der Waals surface area contributed by atoms with Crippen molar-refractivity contribution < 1.29 is 14.1 Å². The van der Waals surface area contributed by atoms with Crippen LogP contribution in [0.1, 0.15) is 10.6 Å². The van der Waals surface area contributed by atoms with Crippen molar-refractivity contribution >= 4 is 5.91 Å². The predicted molar refractivity (Wildman–Crippen MR) is 40.7 cm³/mol. The van der Waals surface area contributed by atoms with E-state index in [-0.39, 0.29) is 11.7 Å². The van der Waals surface area contributed by atoms with Gasteiger partial charge in [-0.15, -0.1) is 0 Å². The van der Waals surface area contributed by atoms with Gasteiger partial charge < -0.3 is 14.6 Å². The van der Waals surface area contributed by atoms with Crippen molar-refractivity contribution in [2.75, 3.05) is 20.3 Å². The summed E-state index contributed by atoms with van der Waals surface area (Å²) < 4.78 is 9.37. The summed E-state index contributed by atoms with van der Waals surface area (Å²) in [5.74, 6) is -0.0596. The molecule has 0 aliphatic carbocycles. The highest BCUT2D eigenvalue weighted by Crippen LogP contribution is 1.94. The molecule has 0 radical (unpaired) electrons. The van der Waals surface area contributed by atoms with Crippen LogP contribution in [0, 0.1) is 0 Å². The van der Waals surface area contributed by atoms with E-state index in [4.69, 9.17) is 4.74 Å². The molecular weight excluding hydrogens is 160 g/mol. The molecule has 0 saturated heterocycles. The van der Waals surface area contributed by atoms with E-state index < -0.39 is 0 Å². The van der Waals surface area contributed by atoms with Crippen molar-refractivity contribution in [2.24, 2.45) is 0 Å². The summed E-state index contributed by atoms with van der Waals surface area (Å²) in [5, 5.41) is 5.99. The van der Waals surface area contributed by atoms with Crippen LogP contribution in [0.25, 0.3) is 0 Å². The first-order chi connectivity index (χ1) is 5.84. The SMILES string of the molecule is COCCNC(=O)c1ccno1. The van der Waals surface area contributed by atoms with Crippen LogP contribution < -0.4 is 5.32 Å². The highest BCUT2D eigenvalue weighted by Gasteiger charge is 2.07. The molecule has 0 aliphatic rings. The van der Waals surface area contributed by atoms with E-state index in [1.807, 2.05) is 0 Å². The van der Waals surface area contributed by atoms with Gasteiger partial charge in [-0.1, -0.05) is 5.16 Å². The molecule has 0 aliphatic heterocycles. The molecule has 5 nitrogen and oxygen atoms in total. The monoisotopic (exact) mass is 170 g/mol. The van der Waals surface area contributed by atoms with Crippen LogP contribution in [-0.4, -0.2) is 31.3 Å². The van der Waals surface area contributed by atoms with Gasteiger partial charge in [0.15, 0.2) is 0 Å². The molecule has 0 saturated carbocycles. The summed E-state index contributed by atoms with van der Waals surface area (Å²) in [6.07, 6.45) is 1.42. The van der Waals surface area contributed by atoms with Gasteiger partial charge in [0.1, 0.15) is 0 Å². The summed E-state index contributed by atoms with van der Waals surface area (Å²) in [7, 11) is 1.57. The summed E-state index contributed by atoms with van der Waals surface area (Å²) >= 11 is 0. The van der Waals surface area contributed by atoms with Gasteiger partial charge in [0, 0.05) is 19.7 Å². The lowest BCUT2D eigenvalue weighted by molar-refractivity contribution is 0.0900. The predicted octanol–water partition coefficient (Wildman–Crippen LogP) is 0.0508. The number of carbonyl (C=O) groups is 1. The average Bonchev–Trinajstić information content (AvgIpc) is 2.56. The highest BCUT2D eigenvalue weighted by atomic mass is 16.5. The maximum Gasteiger partial charge on any atom is 0.289 e. The van der Waals surface area contributed by atoms with Gasteiger partial charge in [0.2, 0.25) is 5.76 Å². The molecule has 12 heavy (non-hydrogen) atoms. The quantitative estimate of drug-likeness (QED) is 0.648. The first-order valence-corrected chi connectivity index (χ1v) is 3.52. The molecule has 1 heterocycles. The Bertz CT molecular complexity index is 233. The maximum atomic E-state index is 11.1. The Hall–Kier alpha value is -1.36. The first kappa shape index (κ1) is 8.73. The molecule has 1 aromatic rings. The number of carbonyl (C=O) groups excluding carboxylic acids is 1. The van der Waals surface area contributed by atoms with Crippen LogP contribution in [-0.2, 0) is 4.74 Å². The van der Waals surface area contributed by atoms with Gasteiger partial charge in [0.25, 0.3) is 5.91 Å². The molecule has 5 heteroatoms. The van der Waals surface area contributed by atoms with Crippen LogP contribution in [0.5, 0.6) is 0 Å². The highest BCUT2D eigenvalue weighted by molar-refractivity contribution is 5.91. The van der Waals surface area contributed by atoms with Crippen LogP contribution in [0.2, 0.25) is 0 Å². The molecular formula is C7H10N2O3. The average molecular weight is 170 g/mol. The topological polar surface area (TPSA) is 64.4 Å². The smallest absolute Gasteiger partial charge is 0.289 e. The van der Waals surface area contributed by atoms with Gasteiger partial charge in [0.05, 0.1) is 12.8 Å². The van der Waals surface area contributed by atoms with Crippen LogP contribution >= 0.6 is 0 Å². The van der Waals surface area contributed by atoms with E-state index in [1.54, 1.807) is 7.11 Å². The largest absolute Gasteiger partial charge is 0.383 e. The van der Waals surface area contributed by atoms with Gasteiger partial charge in [-0.25, -0.2) is 0 Å². The van der Waals surface area contributed by atoms with E-state index in [1.165, 1.54) is 12.3 Å². The molecule has 66 valence electrons. The molecule has 1 aromatic heterocycles. The molecule has 0 aromatic carbocycles. The number of amides is 1. The van der Waals surface area contributed by atoms with Gasteiger partial charge in [-0.05, 0) is 0 Å². The lowest BCUT2D eigenvalue weighted by Crippen LogP contribution is -2.26. The second-order valence-electron chi connectivity index (χ2n) is 2.13. The Labute approximate surface area is 69.7 Å². The fourth-order valence-electron chi connectivity index (χ4n) is 0.687. The summed E-state index contributed by atoms with van der Waals surface area (Å²) in [6.45, 7) is 0.954. The molecule has 0 unspecified atom stereocenters. The Kier molecular flexibility index (Phi) is 3.28. The Morgan fingerprint density at radius 2 is 2.67 bits per heavy atom. The van der Waals surface area contributed by atoms with Crippen molar-refractivity contribution in [1.29, 1.82) is 0 Å². The first-order valence-electron chi connectivity index (χ1n) is 3.52. The van der Waals surface area contributed by atoms with Crippen LogP contribution in [0.3, 0.4) is 0 Å². The number of hydrogen-bond acceptors (Lipinski definition) is 4. The zero-order chi connectivity index (χ0) is 8.81. The van der Waals surface area contributed by atoms with Crippen molar-refractivity contribution in [3.05, 3.63) is 18.0 Å². The van der Waals surface area contributed by atoms with Crippen molar-refractivity contribution in [1.82, 2.24) is 10.5 Å². The Balaban J connectivity index is 2.30. The molecule has 1 rings (SSSR count).